The number of urea groups is 1. The lowest BCUT2D eigenvalue weighted by atomic mass is 10.2. The minimum Gasteiger partial charge on any atom is -0.477 e. The summed E-state index contributed by atoms with van der Waals surface area (Å²) in [6.07, 6.45) is 0.633. The fraction of sp³-hybridized carbons (Fsp3) is 0.133. The van der Waals surface area contributed by atoms with Crippen molar-refractivity contribution in [1.82, 2.24) is 4.90 Å². The van der Waals surface area contributed by atoms with Gasteiger partial charge in [-0.15, -0.1) is 11.3 Å². The van der Waals surface area contributed by atoms with Crippen LogP contribution in [0.2, 0.25) is 0 Å². The van der Waals surface area contributed by atoms with Crippen LogP contribution in [0.15, 0.2) is 41.8 Å². The predicted molar refractivity (Wildman–Crippen MR) is 83.2 cm³/mol. The summed E-state index contributed by atoms with van der Waals surface area (Å²) in [5.74, 6) is -1.10. The number of nitrogens with one attached hydrogen (secondary N) is 1. The molecule has 7 heteroatoms. The SMILES string of the molecule is O=CCN(Cc1ccccc1)C(=O)Nc1ccsc1C(=O)O. The largest absolute Gasteiger partial charge is 0.477 e. The van der Waals surface area contributed by atoms with Crippen LogP contribution in [0.3, 0.4) is 0 Å². The fourth-order valence-corrected chi connectivity index (χ4v) is 2.57. The van der Waals surface area contributed by atoms with Crippen LogP contribution in [0.5, 0.6) is 0 Å². The van der Waals surface area contributed by atoms with Crippen molar-refractivity contribution in [3.63, 3.8) is 0 Å². The summed E-state index contributed by atoms with van der Waals surface area (Å²) in [6, 6.07) is 10.2. The van der Waals surface area contributed by atoms with E-state index in [1.165, 1.54) is 11.0 Å². The molecule has 0 aliphatic carbocycles. The quantitative estimate of drug-likeness (QED) is 0.802. The molecular weight excluding hydrogens is 304 g/mol. The summed E-state index contributed by atoms with van der Waals surface area (Å²) in [4.78, 5) is 35.4. The monoisotopic (exact) mass is 318 g/mol. The van der Waals surface area contributed by atoms with Gasteiger partial charge in [0.05, 0.1) is 12.2 Å². The Morgan fingerprint density at radius 2 is 1.95 bits per heavy atom. The summed E-state index contributed by atoms with van der Waals surface area (Å²) in [5.41, 5.74) is 1.11. The zero-order valence-electron chi connectivity index (χ0n) is 11.6. The summed E-state index contributed by atoms with van der Waals surface area (Å²) in [5, 5.41) is 13.2. The van der Waals surface area contributed by atoms with Gasteiger partial charge in [-0.25, -0.2) is 9.59 Å². The second-order valence-electron chi connectivity index (χ2n) is 4.43. The molecule has 1 aromatic carbocycles. The van der Waals surface area contributed by atoms with Gasteiger partial charge in [0.2, 0.25) is 0 Å². The van der Waals surface area contributed by atoms with Gasteiger partial charge in [0.25, 0.3) is 0 Å². The van der Waals surface area contributed by atoms with E-state index >= 15 is 0 Å². The molecule has 0 saturated carbocycles. The van der Waals surface area contributed by atoms with Gasteiger partial charge in [-0.1, -0.05) is 30.3 Å². The number of nitrogens with zero attached hydrogens (tertiary/aromatic N) is 1. The number of hydrogen-bond donors (Lipinski definition) is 2. The van der Waals surface area contributed by atoms with Crippen molar-refractivity contribution in [1.29, 1.82) is 0 Å². The fourth-order valence-electron chi connectivity index (χ4n) is 1.88. The molecule has 0 atom stereocenters. The maximum atomic E-state index is 12.2. The molecule has 22 heavy (non-hydrogen) atoms. The van der Waals surface area contributed by atoms with Crippen molar-refractivity contribution >= 4 is 35.3 Å². The Labute approximate surface area is 131 Å². The molecule has 0 aliphatic heterocycles. The average Bonchev–Trinajstić information content (AvgIpc) is 2.96. The molecule has 2 aromatic rings. The summed E-state index contributed by atoms with van der Waals surface area (Å²) in [6.45, 7) is 0.186. The van der Waals surface area contributed by atoms with Gasteiger partial charge < -0.3 is 20.1 Å². The molecule has 114 valence electrons. The third-order valence-electron chi connectivity index (χ3n) is 2.90. The average molecular weight is 318 g/mol. The maximum Gasteiger partial charge on any atom is 0.348 e. The molecule has 2 N–H and O–H groups in total. The second kappa shape index (κ2) is 7.37. The van der Waals surface area contributed by atoms with E-state index in [2.05, 4.69) is 5.32 Å². The molecule has 0 aliphatic rings. The first kappa shape index (κ1) is 15.7. The highest BCUT2D eigenvalue weighted by atomic mass is 32.1. The molecule has 6 nitrogen and oxygen atoms in total. The van der Waals surface area contributed by atoms with E-state index in [0.717, 1.165) is 16.9 Å². The van der Waals surface area contributed by atoms with Crippen molar-refractivity contribution in [2.75, 3.05) is 11.9 Å². The number of rotatable bonds is 6. The zero-order valence-corrected chi connectivity index (χ0v) is 12.4. The van der Waals surface area contributed by atoms with Crippen molar-refractivity contribution in [3.8, 4) is 0 Å². The van der Waals surface area contributed by atoms with Crippen molar-refractivity contribution in [3.05, 3.63) is 52.2 Å². The van der Waals surface area contributed by atoms with Gasteiger partial charge in [0.1, 0.15) is 11.2 Å². The van der Waals surface area contributed by atoms with Gasteiger partial charge >= 0.3 is 12.0 Å². The molecule has 0 radical (unpaired) electrons. The Bertz CT molecular complexity index is 669. The number of benzene rings is 1. The molecule has 0 saturated heterocycles. The molecule has 0 fully saturated rings. The van der Waals surface area contributed by atoms with E-state index < -0.39 is 12.0 Å². The number of carbonyl (C=O) groups excluding carboxylic acids is 2. The lowest BCUT2D eigenvalue weighted by Crippen LogP contribution is -2.36. The van der Waals surface area contributed by atoms with Gasteiger partial charge in [-0.3, -0.25) is 0 Å². The first-order chi connectivity index (χ1) is 10.6. The van der Waals surface area contributed by atoms with Crippen LogP contribution in [0, 0.1) is 0 Å². The topological polar surface area (TPSA) is 86.7 Å². The number of aldehydes is 1. The number of thiophene rings is 1. The zero-order chi connectivity index (χ0) is 15.9. The van der Waals surface area contributed by atoms with Crippen molar-refractivity contribution < 1.29 is 19.5 Å². The van der Waals surface area contributed by atoms with Crippen LogP contribution >= 0.6 is 11.3 Å². The van der Waals surface area contributed by atoms with Crippen molar-refractivity contribution in [2.45, 2.75) is 6.54 Å². The molecule has 0 unspecified atom stereocenters. The lowest BCUT2D eigenvalue weighted by molar-refractivity contribution is -0.108. The highest BCUT2D eigenvalue weighted by Crippen LogP contribution is 2.22. The summed E-state index contributed by atoms with van der Waals surface area (Å²) < 4.78 is 0. The van der Waals surface area contributed by atoms with Gasteiger partial charge in [0, 0.05) is 6.54 Å². The predicted octanol–water partition coefficient (Wildman–Crippen LogP) is 2.68. The van der Waals surface area contributed by atoms with Gasteiger partial charge in [-0.05, 0) is 17.0 Å². The van der Waals surface area contributed by atoms with Gasteiger partial charge in [-0.2, -0.15) is 0 Å². The Balaban J connectivity index is 2.11. The number of anilines is 1. The molecule has 1 heterocycles. The second-order valence-corrected chi connectivity index (χ2v) is 5.35. The Hall–Kier alpha value is -2.67. The maximum absolute atomic E-state index is 12.2. The number of carboxylic acids is 1. The number of aromatic carboxylic acids is 1. The molecule has 0 spiro atoms. The van der Waals surface area contributed by atoms with E-state index in [4.69, 9.17) is 5.11 Å². The minimum absolute atomic E-state index is 0.0547. The lowest BCUT2D eigenvalue weighted by Gasteiger charge is -2.20. The molecular formula is C15H14N2O4S. The highest BCUT2D eigenvalue weighted by molar-refractivity contribution is 7.12. The van der Waals surface area contributed by atoms with Crippen LogP contribution in [0.1, 0.15) is 15.2 Å². The first-order valence-corrected chi connectivity index (χ1v) is 7.34. The third-order valence-corrected chi connectivity index (χ3v) is 3.80. The standard InChI is InChI=1S/C15H14N2O4S/c18-8-7-17(10-11-4-2-1-3-5-11)15(21)16-12-6-9-22-13(12)14(19)20/h1-6,8-9H,7,10H2,(H,16,21)(H,19,20). The molecule has 1 aromatic heterocycles. The first-order valence-electron chi connectivity index (χ1n) is 6.46. The van der Waals surface area contributed by atoms with E-state index in [1.807, 2.05) is 30.3 Å². The number of amides is 2. The van der Waals surface area contributed by atoms with Crippen LogP contribution in [-0.4, -0.2) is 34.8 Å². The third kappa shape index (κ3) is 3.92. The summed E-state index contributed by atoms with van der Waals surface area (Å²) >= 11 is 1.03. The molecule has 0 bridgehead atoms. The van der Waals surface area contributed by atoms with E-state index in [-0.39, 0.29) is 23.7 Å². The molecule has 2 rings (SSSR count). The normalized spacial score (nSPS) is 10.0. The van der Waals surface area contributed by atoms with E-state index in [9.17, 15) is 14.4 Å². The minimum atomic E-state index is -1.10. The number of hydrogen-bond acceptors (Lipinski definition) is 4. The number of carbonyl (C=O) groups is 3. The smallest absolute Gasteiger partial charge is 0.348 e. The van der Waals surface area contributed by atoms with E-state index in [0.29, 0.717) is 6.29 Å². The summed E-state index contributed by atoms with van der Waals surface area (Å²) in [7, 11) is 0. The Morgan fingerprint density at radius 3 is 2.59 bits per heavy atom. The highest BCUT2D eigenvalue weighted by Gasteiger charge is 2.18. The van der Waals surface area contributed by atoms with E-state index in [1.54, 1.807) is 5.38 Å². The number of carboxylic acid groups (broad SMARTS) is 1. The Morgan fingerprint density at radius 1 is 1.23 bits per heavy atom. The van der Waals surface area contributed by atoms with Crippen LogP contribution in [0.4, 0.5) is 10.5 Å². The van der Waals surface area contributed by atoms with Crippen LogP contribution in [0.25, 0.3) is 0 Å². The van der Waals surface area contributed by atoms with Crippen LogP contribution < -0.4 is 5.32 Å². The Kier molecular flexibility index (Phi) is 5.26. The van der Waals surface area contributed by atoms with Gasteiger partial charge in [0.15, 0.2) is 0 Å². The van der Waals surface area contributed by atoms with Crippen LogP contribution in [-0.2, 0) is 11.3 Å². The molecule has 2 amide bonds. The van der Waals surface area contributed by atoms with Crippen molar-refractivity contribution in [2.24, 2.45) is 0 Å².